The Bertz CT molecular complexity index is 824. The highest BCUT2D eigenvalue weighted by Crippen LogP contribution is 2.28. The Morgan fingerprint density at radius 1 is 1.27 bits per heavy atom. The molecule has 7 nitrogen and oxygen atoms in total. The Morgan fingerprint density at radius 2 is 2.12 bits per heavy atom. The van der Waals surface area contributed by atoms with E-state index in [1.54, 1.807) is 0 Å². The van der Waals surface area contributed by atoms with Crippen LogP contribution < -0.4 is 10.6 Å². The number of morpholine rings is 1. The second-order valence-electron chi connectivity index (χ2n) is 6.82. The van der Waals surface area contributed by atoms with Gasteiger partial charge in [0.25, 0.3) is 5.91 Å². The zero-order valence-corrected chi connectivity index (χ0v) is 14.8. The van der Waals surface area contributed by atoms with Gasteiger partial charge in [-0.15, -0.1) is 0 Å². The van der Waals surface area contributed by atoms with Gasteiger partial charge in [-0.2, -0.15) is 0 Å². The fourth-order valence-electron chi connectivity index (χ4n) is 3.79. The van der Waals surface area contributed by atoms with Gasteiger partial charge >= 0.3 is 0 Å². The van der Waals surface area contributed by atoms with E-state index in [0.29, 0.717) is 32.8 Å². The highest BCUT2D eigenvalue weighted by molar-refractivity contribution is 6.02. The molecule has 0 unspecified atom stereocenters. The molecule has 1 aromatic heterocycles. The summed E-state index contributed by atoms with van der Waals surface area (Å²) in [4.78, 5) is 29.6. The van der Waals surface area contributed by atoms with Crippen molar-refractivity contribution in [2.45, 2.75) is 12.8 Å². The molecule has 1 aromatic carbocycles. The van der Waals surface area contributed by atoms with Crippen LogP contribution in [0.4, 0.5) is 0 Å². The molecule has 26 heavy (non-hydrogen) atoms. The van der Waals surface area contributed by atoms with Gasteiger partial charge in [0.2, 0.25) is 5.91 Å². The number of aromatic nitrogens is 1. The number of fused-ring (bicyclic) bond motifs is 3. The predicted octanol–water partition coefficient (Wildman–Crippen LogP) is 0.445. The van der Waals surface area contributed by atoms with Crippen molar-refractivity contribution in [3.63, 3.8) is 0 Å². The molecule has 0 aliphatic carbocycles. The largest absolute Gasteiger partial charge is 0.379 e. The molecule has 4 rings (SSSR count). The number of hydrogen-bond acceptors (Lipinski definition) is 4. The van der Waals surface area contributed by atoms with Gasteiger partial charge in [-0.3, -0.25) is 14.5 Å². The highest BCUT2D eigenvalue weighted by atomic mass is 16.5. The normalized spacial score (nSPS) is 17.8. The smallest absolute Gasteiger partial charge is 0.251 e. The van der Waals surface area contributed by atoms with Crippen LogP contribution in [0.15, 0.2) is 18.3 Å². The van der Waals surface area contributed by atoms with Crippen LogP contribution in [-0.4, -0.2) is 67.6 Å². The van der Waals surface area contributed by atoms with E-state index in [1.165, 1.54) is 0 Å². The van der Waals surface area contributed by atoms with Crippen molar-refractivity contribution in [2.75, 3.05) is 45.9 Å². The minimum Gasteiger partial charge on any atom is -0.379 e. The lowest BCUT2D eigenvalue weighted by Crippen LogP contribution is -2.43. The minimum atomic E-state index is -0.000820. The summed E-state index contributed by atoms with van der Waals surface area (Å²) in [6.07, 6.45) is 3.57. The Labute approximate surface area is 152 Å². The van der Waals surface area contributed by atoms with Gasteiger partial charge in [-0.05, 0) is 36.1 Å². The zero-order valence-electron chi connectivity index (χ0n) is 14.8. The zero-order chi connectivity index (χ0) is 17.9. The van der Waals surface area contributed by atoms with E-state index in [4.69, 9.17) is 4.74 Å². The van der Waals surface area contributed by atoms with Crippen LogP contribution in [0.2, 0.25) is 0 Å². The van der Waals surface area contributed by atoms with E-state index < -0.39 is 0 Å². The van der Waals surface area contributed by atoms with Gasteiger partial charge in [0, 0.05) is 48.8 Å². The highest BCUT2D eigenvalue weighted by Gasteiger charge is 2.21. The maximum Gasteiger partial charge on any atom is 0.251 e. The van der Waals surface area contributed by atoms with Crippen molar-refractivity contribution in [3.8, 4) is 0 Å². The molecule has 2 aliphatic heterocycles. The van der Waals surface area contributed by atoms with E-state index in [-0.39, 0.29) is 11.8 Å². The van der Waals surface area contributed by atoms with E-state index >= 15 is 0 Å². The molecule has 0 saturated carbocycles. The Morgan fingerprint density at radius 3 is 2.96 bits per heavy atom. The third-order valence-corrected chi connectivity index (χ3v) is 5.13. The van der Waals surface area contributed by atoms with Gasteiger partial charge in [0.1, 0.15) is 0 Å². The van der Waals surface area contributed by atoms with Crippen molar-refractivity contribution in [2.24, 2.45) is 0 Å². The van der Waals surface area contributed by atoms with Crippen molar-refractivity contribution < 1.29 is 14.3 Å². The minimum absolute atomic E-state index is 0.000820. The lowest BCUT2D eigenvalue weighted by atomic mass is 9.94. The van der Waals surface area contributed by atoms with Crippen LogP contribution in [0.25, 0.3) is 10.9 Å². The first-order valence-electron chi connectivity index (χ1n) is 9.19. The molecule has 1 fully saturated rings. The van der Waals surface area contributed by atoms with Crippen molar-refractivity contribution in [3.05, 3.63) is 35.0 Å². The molecule has 0 spiro atoms. The number of amides is 2. The van der Waals surface area contributed by atoms with Gasteiger partial charge in [-0.1, -0.05) is 0 Å². The number of carbonyl (C=O) groups excluding carboxylic acids is 2. The molecule has 0 radical (unpaired) electrons. The summed E-state index contributed by atoms with van der Waals surface area (Å²) in [6.45, 7) is 4.70. The second kappa shape index (κ2) is 7.47. The monoisotopic (exact) mass is 356 g/mol. The van der Waals surface area contributed by atoms with Crippen LogP contribution in [0.5, 0.6) is 0 Å². The molecule has 7 heteroatoms. The molecule has 0 atom stereocenters. The number of aromatic amines is 1. The fraction of sp³-hybridized carbons (Fsp3) is 0.474. The van der Waals surface area contributed by atoms with Crippen LogP contribution >= 0.6 is 0 Å². The second-order valence-corrected chi connectivity index (χ2v) is 6.82. The van der Waals surface area contributed by atoms with E-state index in [1.807, 2.05) is 18.3 Å². The number of rotatable bonds is 5. The first-order valence-corrected chi connectivity index (χ1v) is 9.19. The average Bonchev–Trinajstić information content (AvgIpc) is 3.06. The van der Waals surface area contributed by atoms with Crippen LogP contribution in [0.3, 0.4) is 0 Å². The summed E-state index contributed by atoms with van der Waals surface area (Å²) in [5.41, 5.74) is 4.08. The van der Waals surface area contributed by atoms with E-state index in [0.717, 1.165) is 53.5 Å². The molecule has 0 bridgehead atoms. The topological polar surface area (TPSA) is 86.5 Å². The van der Waals surface area contributed by atoms with Crippen LogP contribution in [0.1, 0.15) is 21.5 Å². The molecule has 2 amide bonds. The number of hydrogen-bond donors (Lipinski definition) is 3. The molecule has 2 aliphatic rings. The number of carbonyl (C=O) groups is 2. The summed E-state index contributed by atoms with van der Waals surface area (Å²) < 4.78 is 5.30. The van der Waals surface area contributed by atoms with E-state index in [2.05, 4.69) is 20.5 Å². The SMILES string of the molecule is O=C(CN1CCOCC1)NCCc1c[nH]c2ccc3c(c12)CCNC3=O. The van der Waals surface area contributed by atoms with Gasteiger partial charge in [0.15, 0.2) is 0 Å². The molecular formula is C19H24N4O3. The number of ether oxygens (including phenoxy) is 1. The quantitative estimate of drug-likeness (QED) is 0.726. The molecule has 3 heterocycles. The molecule has 3 N–H and O–H groups in total. The van der Waals surface area contributed by atoms with Gasteiger partial charge < -0.3 is 20.4 Å². The van der Waals surface area contributed by atoms with E-state index in [9.17, 15) is 9.59 Å². The average molecular weight is 356 g/mol. The number of benzene rings is 1. The van der Waals surface area contributed by atoms with Crippen LogP contribution in [-0.2, 0) is 22.4 Å². The lowest BCUT2D eigenvalue weighted by Gasteiger charge is -2.25. The molecular weight excluding hydrogens is 332 g/mol. The number of H-pyrrole nitrogens is 1. The third kappa shape index (κ3) is 3.45. The number of nitrogens with zero attached hydrogens (tertiary/aromatic N) is 1. The summed E-state index contributed by atoms with van der Waals surface area (Å²) in [7, 11) is 0. The molecule has 2 aromatic rings. The Hall–Kier alpha value is -2.38. The summed E-state index contributed by atoms with van der Waals surface area (Å²) in [6, 6.07) is 3.84. The van der Waals surface area contributed by atoms with Crippen molar-refractivity contribution in [1.29, 1.82) is 0 Å². The first kappa shape index (κ1) is 17.1. The Kier molecular flexibility index (Phi) is 4.90. The maximum atomic E-state index is 12.1. The summed E-state index contributed by atoms with van der Waals surface area (Å²) in [5, 5.41) is 7.04. The Balaban J connectivity index is 1.40. The molecule has 138 valence electrons. The standard InChI is InChI=1S/C19H24N4O3/c24-17(12-23-7-9-26-10-8-23)20-5-3-13-11-22-16-2-1-15-14(18(13)16)4-6-21-19(15)25/h1-2,11,22H,3-10,12H2,(H,20,24)(H,21,25). The number of nitrogens with one attached hydrogen (secondary N) is 3. The predicted molar refractivity (Wildman–Crippen MR) is 98.3 cm³/mol. The summed E-state index contributed by atoms with van der Waals surface area (Å²) in [5.74, 6) is 0.0484. The lowest BCUT2D eigenvalue weighted by molar-refractivity contribution is -0.123. The van der Waals surface area contributed by atoms with Gasteiger partial charge in [0.05, 0.1) is 19.8 Å². The van der Waals surface area contributed by atoms with Crippen molar-refractivity contribution >= 4 is 22.7 Å². The summed E-state index contributed by atoms with van der Waals surface area (Å²) >= 11 is 0. The van der Waals surface area contributed by atoms with Crippen LogP contribution in [0, 0.1) is 0 Å². The van der Waals surface area contributed by atoms with Crippen molar-refractivity contribution in [1.82, 2.24) is 20.5 Å². The molecule has 1 saturated heterocycles. The third-order valence-electron chi connectivity index (χ3n) is 5.13. The van der Waals surface area contributed by atoms with Gasteiger partial charge in [-0.25, -0.2) is 0 Å². The first-order chi connectivity index (χ1) is 12.7. The maximum absolute atomic E-state index is 12.1. The fourth-order valence-corrected chi connectivity index (χ4v) is 3.79.